The van der Waals surface area contributed by atoms with Crippen molar-refractivity contribution in [1.29, 1.82) is 0 Å². The number of nitrogens with one attached hydrogen (secondary N) is 2. The summed E-state index contributed by atoms with van der Waals surface area (Å²) >= 11 is 1.49. The van der Waals surface area contributed by atoms with Crippen molar-refractivity contribution < 1.29 is 14.7 Å². The van der Waals surface area contributed by atoms with Gasteiger partial charge < -0.3 is 15.7 Å². The number of anilines is 1. The van der Waals surface area contributed by atoms with Gasteiger partial charge in [0.2, 0.25) is 0 Å². The van der Waals surface area contributed by atoms with Crippen molar-refractivity contribution >= 4 is 29.0 Å². The fourth-order valence-corrected chi connectivity index (χ4v) is 2.53. The second kappa shape index (κ2) is 6.36. The molecule has 110 valence electrons. The lowest BCUT2D eigenvalue weighted by Crippen LogP contribution is -2.28. The average Bonchev–Trinajstić information content (AvgIpc) is 2.81. The summed E-state index contributed by atoms with van der Waals surface area (Å²) in [5.41, 5.74) is 4.01. The quantitative estimate of drug-likeness (QED) is 0.810. The fourth-order valence-electron chi connectivity index (χ4n) is 1.81. The Balaban J connectivity index is 1.95. The number of carboxylic acid groups (broad SMARTS) is 1. The van der Waals surface area contributed by atoms with Crippen molar-refractivity contribution in [1.82, 2.24) is 10.3 Å². The Morgan fingerprint density at radius 2 is 2.10 bits per heavy atom. The predicted octanol–water partition coefficient (Wildman–Crippen LogP) is 2.78. The molecule has 0 aliphatic rings. The predicted molar refractivity (Wildman–Crippen MR) is 80.8 cm³/mol. The van der Waals surface area contributed by atoms with Crippen molar-refractivity contribution in [2.24, 2.45) is 0 Å². The van der Waals surface area contributed by atoms with E-state index >= 15 is 0 Å². The summed E-state index contributed by atoms with van der Waals surface area (Å²) in [6.07, 6.45) is 0. The van der Waals surface area contributed by atoms with Crippen molar-refractivity contribution in [2.45, 2.75) is 20.4 Å². The van der Waals surface area contributed by atoms with Crippen LogP contribution in [-0.2, 0) is 6.54 Å². The number of amides is 2. The first kappa shape index (κ1) is 15.0. The Kier molecular flexibility index (Phi) is 4.54. The number of aromatic nitrogens is 1. The largest absolute Gasteiger partial charge is 0.478 e. The first-order valence-corrected chi connectivity index (χ1v) is 7.13. The molecule has 0 saturated carbocycles. The highest BCUT2D eigenvalue weighted by atomic mass is 32.1. The summed E-state index contributed by atoms with van der Waals surface area (Å²) in [7, 11) is 0. The summed E-state index contributed by atoms with van der Waals surface area (Å²) in [6, 6.07) is 4.32. The second-order valence-corrected chi connectivity index (χ2v) is 5.44. The number of carbonyl (C=O) groups excluding carboxylic acids is 1. The van der Waals surface area contributed by atoms with Gasteiger partial charge in [0.25, 0.3) is 0 Å². The molecule has 1 aromatic heterocycles. The van der Waals surface area contributed by atoms with Gasteiger partial charge in [-0.15, -0.1) is 11.3 Å². The highest BCUT2D eigenvalue weighted by Crippen LogP contribution is 2.15. The minimum Gasteiger partial charge on any atom is -0.478 e. The van der Waals surface area contributed by atoms with Crippen LogP contribution in [0.25, 0.3) is 0 Å². The average molecular weight is 305 g/mol. The molecule has 0 aliphatic heterocycles. The molecule has 0 unspecified atom stereocenters. The molecular weight excluding hydrogens is 290 g/mol. The SMILES string of the molecule is Cc1cc(NC(=O)NCc2scnc2C)ccc1C(=O)O. The van der Waals surface area contributed by atoms with Crippen LogP contribution in [0.2, 0.25) is 0 Å². The molecule has 21 heavy (non-hydrogen) atoms. The Bertz CT molecular complexity index is 682. The van der Waals surface area contributed by atoms with Crippen LogP contribution in [0.15, 0.2) is 23.7 Å². The lowest BCUT2D eigenvalue weighted by Gasteiger charge is -2.09. The molecule has 2 amide bonds. The highest BCUT2D eigenvalue weighted by molar-refractivity contribution is 7.09. The van der Waals surface area contributed by atoms with E-state index in [1.54, 1.807) is 24.6 Å². The van der Waals surface area contributed by atoms with E-state index in [2.05, 4.69) is 15.6 Å². The maximum Gasteiger partial charge on any atom is 0.335 e. The van der Waals surface area contributed by atoms with E-state index in [0.29, 0.717) is 17.8 Å². The normalized spacial score (nSPS) is 10.2. The molecular formula is C14H15N3O3S. The Labute approximate surface area is 125 Å². The number of benzene rings is 1. The third-order valence-electron chi connectivity index (χ3n) is 2.97. The number of carbonyl (C=O) groups is 2. The van der Waals surface area contributed by atoms with Crippen LogP contribution in [0, 0.1) is 13.8 Å². The number of aromatic carboxylic acids is 1. The summed E-state index contributed by atoms with van der Waals surface area (Å²) in [4.78, 5) is 27.8. The van der Waals surface area contributed by atoms with E-state index in [1.165, 1.54) is 17.4 Å². The van der Waals surface area contributed by atoms with E-state index in [0.717, 1.165) is 10.6 Å². The summed E-state index contributed by atoms with van der Waals surface area (Å²) in [5, 5.41) is 14.4. The van der Waals surface area contributed by atoms with E-state index < -0.39 is 5.97 Å². The molecule has 0 fully saturated rings. The third-order valence-corrected chi connectivity index (χ3v) is 3.90. The monoisotopic (exact) mass is 305 g/mol. The molecule has 6 nitrogen and oxygen atoms in total. The topological polar surface area (TPSA) is 91.3 Å². The van der Waals surface area contributed by atoms with Gasteiger partial charge in [0.1, 0.15) is 0 Å². The van der Waals surface area contributed by atoms with Gasteiger partial charge in [-0.05, 0) is 37.6 Å². The number of carboxylic acids is 1. The van der Waals surface area contributed by atoms with Crippen LogP contribution in [0.4, 0.5) is 10.5 Å². The minimum atomic E-state index is -0.982. The number of rotatable bonds is 4. The lowest BCUT2D eigenvalue weighted by atomic mass is 10.1. The van der Waals surface area contributed by atoms with Gasteiger partial charge in [-0.3, -0.25) is 0 Å². The van der Waals surface area contributed by atoms with E-state index in [1.807, 2.05) is 6.92 Å². The maximum absolute atomic E-state index is 11.8. The van der Waals surface area contributed by atoms with E-state index in [4.69, 9.17) is 5.11 Å². The van der Waals surface area contributed by atoms with Crippen molar-refractivity contribution in [3.05, 3.63) is 45.4 Å². The van der Waals surface area contributed by atoms with Crippen molar-refractivity contribution in [2.75, 3.05) is 5.32 Å². The molecule has 0 spiro atoms. The zero-order valence-electron chi connectivity index (χ0n) is 11.6. The van der Waals surface area contributed by atoms with Gasteiger partial charge in [0.05, 0.1) is 23.3 Å². The van der Waals surface area contributed by atoms with Crippen molar-refractivity contribution in [3.8, 4) is 0 Å². The molecule has 2 rings (SSSR count). The smallest absolute Gasteiger partial charge is 0.335 e. The van der Waals surface area contributed by atoms with Crippen LogP contribution in [0.1, 0.15) is 26.5 Å². The van der Waals surface area contributed by atoms with Gasteiger partial charge in [-0.1, -0.05) is 0 Å². The highest BCUT2D eigenvalue weighted by Gasteiger charge is 2.09. The minimum absolute atomic E-state index is 0.223. The van der Waals surface area contributed by atoms with Crippen LogP contribution in [0.5, 0.6) is 0 Å². The summed E-state index contributed by atoms with van der Waals surface area (Å²) in [6.45, 7) is 3.99. The Morgan fingerprint density at radius 1 is 1.33 bits per heavy atom. The molecule has 2 aromatic rings. The van der Waals surface area contributed by atoms with E-state index in [9.17, 15) is 9.59 Å². The molecule has 1 aromatic carbocycles. The fraction of sp³-hybridized carbons (Fsp3) is 0.214. The second-order valence-electron chi connectivity index (χ2n) is 4.50. The van der Waals surface area contributed by atoms with Crippen LogP contribution in [0.3, 0.4) is 0 Å². The molecule has 0 bridgehead atoms. The molecule has 0 saturated heterocycles. The molecule has 0 aliphatic carbocycles. The van der Waals surface area contributed by atoms with Crippen LogP contribution >= 0.6 is 11.3 Å². The zero-order chi connectivity index (χ0) is 15.4. The number of nitrogens with zero attached hydrogens (tertiary/aromatic N) is 1. The van der Waals surface area contributed by atoms with E-state index in [-0.39, 0.29) is 11.6 Å². The maximum atomic E-state index is 11.8. The first-order valence-electron chi connectivity index (χ1n) is 6.25. The summed E-state index contributed by atoms with van der Waals surface area (Å²) in [5.74, 6) is -0.982. The van der Waals surface area contributed by atoms with Gasteiger partial charge in [-0.25, -0.2) is 14.6 Å². The Hall–Kier alpha value is -2.41. The third kappa shape index (κ3) is 3.79. The standard InChI is InChI=1S/C14H15N3O3S/c1-8-5-10(3-4-11(8)13(18)19)17-14(20)15-6-12-9(2)16-7-21-12/h3-5,7H,6H2,1-2H3,(H,18,19)(H2,15,17,20). The van der Waals surface area contributed by atoms with Gasteiger partial charge in [0, 0.05) is 10.6 Å². The first-order chi connectivity index (χ1) is 9.97. The zero-order valence-corrected chi connectivity index (χ0v) is 12.5. The van der Waals surface area contributed by atoms with Gasteiger partial charge in [0.15, 0.2) is 0 Å². The molecule has 0 radical (unpaired) electrons. The van der Waals surface area contributed by atoms with Crippen molar-refractivity contribution in [3.63, 3.8) is 0 Å². The molecule has 1 heterocycles. The molecule has 7 heteroatoms. The number of thiazole rings is 1. The van der Waals surface area contributed by atoms with Crippen LogP contribution < -0.4 is 10.6 Å². The lowest BCUT2D eigenvalue weighted by molar-refractivity contribution is 0.0696. The summed E-state index contributed by atoms with van der Waals surface area (Å²) < 4.78 is 0. The van der Waals surface area contributed by atoms with Crippen LogP contribution in [-0.4, -0.2) is 22.1 Å². The molecule has 0 atom stereocenters. The number of hydrogen-bond donors (Lipinski definition) is 3. The number of aryl methyl sites for hydroxylation is 2. The number of urea groups is 1. The van der Waals surface area contributed by atoms with Gasteiger partial charge in [-0.2, -0.15) is 0 Å². The van der Waals surface area contributed by atoms with Gasteiger partial charge >= 0.3 is 12.0 Å². The molecule has 3 N–H and O–H groups in total. The Morgan fingerprint density at radius 3 is 2.67 bits per heavy atom. The number of hydrogen-bond acceptors (Lipinski definition) is 4.